The smallest absolute Gasteiger partial charge is 0.246 e. The largest absolute Gasteiger partial charge is 0.337 e. The minimum Gasteiger partial charge on any atom is -0.337 e. The molecule has 2 aromatic carbocycles. The van der Waals surface area contributed by atoms with Gasteiger partial charge in [0.05, 0.1) is 11.9 Å². The van der Waals surface area contributed by atoms with Crippen LogP contribution in [0.2, 0.25) is 0 Å². The highest BCUT2D eigenvalue weighted by Gasteiger charge is 2.33. The number of carbonyl (C=O) groups is 1. The molecule has 0 aliphatic carbocycles. The van der Waals surface area contributed by atoms with E-state index in [0.717, 1.165) is 9.99 Å². The minimum absolute atomic E-state index is 0.0664. The summed E-state index contributed by atoms with van der Waals surface area (Å²) in [7, 11) is -4.38. The van der Waals surface area contributed by atoms with E-state index in [9.17, 15) is 26.4 Å². The van der Waals surface area contributed by atoms with Gasteiger partial charge in [0.15, 0.2) is 17.5 Å². The number of aromatic nitrogens is 2. The average molecular weight is 476 g/mol. The molecule has 0 bridgehead atoms. The molecule has 1 aliphatic heterocycles. The van der Waals surface area contributed by atoms with E-state index < -0.39 is 32.4 Å². The molecule has 0 unspecified atom stereocenters. The maximum Gasteiger partial charge on any atom is 0.246 e. The molecule has 1 saturated heterocycles. The molecule has 2 heterocycles. The Morgan fingerprint density at radius 3 is 2.33 bits per heavy atom. The van der Waals surface area contributed by atoms with Crippen molar-refractivity contribution in [1.29, 1.82) is 0 Å². The SMILES string of the molecule is O=C(C=Cc1cnn(-c2ccccc2)c1)N1CCN(S(=O)(=O)c2ccc(F)c(F)c2F)CC1. The summed E-state index contributed by atoms with van der Waals surface area (Å²) in [5.74, 6) is -5.39. The van der Waals surface area contributed by atoms with Crippen LogP contribution < -0.4 is 0 Å². The zero-order chi connectivity index (χ0) is 23.6. The molecule has 7 nitrogen and oxygen atoms in total. The molecule has 1 aromatic heterocycles. The zero-order valence-electron chi connectivity index (χ0n) is 17.2. The molecular weight excluding hydrogens is 457 g/mol. The number of carbonyl (C=O) groups excluding carboxylic acids is 1. The standard InChI is InChI=1S/C22H19F3N4O3S/c23-18-7-8-19(22(25)21(18)24)33(31,32)28-12-10-27(11-13-28)20(30)9-6-16-14-26-29(15-16)17-4-2-1-3-5-17/h1-9,14-15H,10-13H2. The van der Waals surface area contributed by atoms with Gasteiger partial charge in [0.1, 0.15) is 4.90 Å². The van der Waals surface area contributed by atoms with Gasteiger partial charge in [0.2, 0.25) is 15.9 Å². The molecule has 0 atom stereocenters. The lowest BCUT2D eigenvalue weighted by molar-refractivity contribution is -0.127. The van der Waals surface area contributed by atoms with Gasteiger partial charge in [-0.15, -0.1) is 0 Å². The van der Waals surface area contributed by atoms with Crippen molar-refractivity contribution in [3.8, 4) is 5.69 Å². The van der Waals surface area contributed by atoms with E-state index in [1.54, 1.807) is 23.2 Å². The van der Waals surface area contributed by atoms with Crippen molar-refractivity contribution in [2.45, 2.75) is 4.90 Å². The van der Waals surface area contributed by atoms with Gasteiger partial charge in [0.25, 0.3) is 0 Å². The monoisotopic (exact) mass is 476 g/mol. The first-order valence-electron chi connectivity index (χ1n) is 9.98. The van der Waals surface area contributed by atoms with Crippen LogP contribution in [0.15, 0.2) is 65.8 Å². The third-order valence-electron chi connectivity index (χ3n) is 5.21. The lowest BCUT2D eigenvalue weighted by Crippen LogP contribution is -2.50. The minimum atomic E-state index is -4.38. The molecule has 0 saturated carbocycles. The van der Waals surface area contributed by atoms with Crippen LogP contribution in [0, 0.1) is 17.5 Å². The van der Waals surface area contributed by atoms with Crippen molar-refractivity contribution in [3.63, 3.8) is 0 Å². The Morgan fingerprint density at radius 1 is 0.939 bits per heavy atom. The van der Waals surface area contributed by atoms with Gasteiger partial charge in [-0.3, -0.25) is 4.79 Å². The van der Waals surface area contributed by atoms with Gasteiger partial charge < -0.3 is 4.90 Å². The van der Waals surface area contributed by atoms with Crippen molar-refractivity contribution in [2.24, 2.45) is 0 Å². The molecule has 0 N–H and O–H groups in total. The number of amides is 1. The summed E-state index contributed by atoms with van der Waals surface area (Å²) in [5, 5.41) is 4.25. The van der Waals surface area contributed by atoms with Crippen LogP contribution in [0.5, 0.6) is 0 Å². The fourth-order valence-electron chi connectivity index (χ4n) is 3.41. The van der Waals surface area contributed by atoms with Crippen LogP contribution in [0.1, 0.15) is 5.56 Å². The van der Waals surface area contributed by atoms with Gasteiger partial charge in [0, 0.05) is 44.0 Å². The Labute approximate surface area is 188 Å². The van der Waals surface area contributed by atoms with E-state index in [1.807, 2.05) is 30.3 Å². The average Bonchev–Trinajstić information content (AvgIpc) is 3.31. The summed E-state index contributed by atoms with van der Waals surface area (Å²) >= 11 is 0. The second-order valence-electron chi connectivity index (χ2n) is 7.29. The Bertz CT molecular complexity index is 1300. The summed E-state index contributed by atoms with van der Waals surface area (Å²) < 4.78 is 68.5. The number of rotatable bonds is 5. The molecule has 1 aliphatic rings. The normalized spacial score (nSPS) is 15.3. The highest BCUT2D eigenvalue weighted by molar-refractivity contribution is 7.89. The lowest BCUT2D eigenvalue weighted by Gasteiger charge is -2.33. The number of hydrogen-bond donors (Lipinski definition) is 0. The molecule has 33 heavy (non-hydrogen) atoms. The topological polar surface area (TPSA) is 75.5 Å². The fraction of sp³-hybridized carbons (Fsp3) is 0.182. The van der Waals surface area contributed by atoms with Crippen molar-refractivity contribution >= 4 is 22.0 Å². The maximum absolute atomic E-state index is 14.0. The Morgan fingerprint density at radius 2 is 1.64 bits per heavy atom. The second kappa shape index (κ2) is 9.20. The highest BCUT2D eigenvalue weighted by Crippen LogP contribution is 2.24. The Hall–Kier alpha value is -3.44. The highest BCUT2D eigenvalue weighted by atomic mass is 32.2. The molecule has 4 rings (SSSR count). The predicted molar refractivity (Wildman–Crippen MR) is 114 cm³/mol. The van der Waals surface area contributed by atoms with Crippen LogP contribution in [-0.2, 0) is 14.8 Å². The molecule has 3 aromatic rings. The quantitative estimate of drug-likeness (QED) is 0.419. The van der Waals surface area contributed by atoms with Crippen molar-refractivity contribution in [1.82, 2.24) is 19.0 Å². The Balaban J connectivity index is 1.38. The Kier molecular flexibility index (Phi) is 6.34. The zero-order valence-corrected chi connectivity index (χ0v) is 18.1. The van der Waals surface area contributed by atoms with E-state index in [-0.39, 0.29) is 32.1 Å². The fourth-order valence-corrected chi connectivity index (χ4v) is 4.89. The third-order valence-corrected chi connectivity index (χ3v) is 7.13. The lowest BCUT2D eigenvalue weighted by atomic mass is 10.3. The van der Waals surface area contributed by atoms with Crippen molar-refractivity contribution in [3.05, 3.63) is 83.9 Å². The van der Waals surface area contributed by atoms with Crippen LogP contribution in [0.25, 0.3) is 11.8 Å². The number of nitrogens with zero attached hydrogens (tertiary/aromatic N) is 4. The van der Waals surface area contributed by atoms with Gasteiger partial charge >= 0.3 is 0 Å². The number of para-hydroxylation sites is 1. The molecule has 1 fully saturated rings. The summed E-state index contributed by atoms with van der Waals surface area (Å²) in [4.78, 5) is 13.0. The van der Waals surface area contributed by atoms with Crippen molar-refractivity contribution in [2.75, 3.05) is 26.2 Å². The van der Waals surface area contributed by atoms with Crippen LogP contribution in [0.4, 0.5) is 13.2 Å². The third kappa shape index (κ3) is 4.69. The summed E-state index contributed by atoms with van der Waals surface area (Å²) in [6, 6.07) is 10.7. The van der Waals surface area contributed by atoms with E-state index in [4.69, 9.17) is 0 Å². The van der Waals surface area contributed by atoms with Gasteiger partial charge in [-0.2, -0.15) is 9.40 Å². The van der Waals surface area contributed by atoms with Gasteiger partial charge in [-0.1, -0.05) is 18.2 Å². The van der Waals surface area contributed by atoms with Gasteiger partial charge in [-0.25, -0.2) is 26.3 Å². The van der Waals surface area contributed by atoms with Crippen molar-refractivity contribution < 1.29 is 26.4 Å². The molecule has 1 amide bonds. The summed E-state index contributed by atoms with van der Waals surface area (Å²) in [6.45, 7) is -0.0769. The maximum atomic E-state index is 14.0. The number of halogens is 3. The first kappa shape index (κ1) is 22.7. The van der Waals surface area contributed by atoms with E-state index in [1.165, 1.54) is 11.0 Å². The first-order chi connectivity index (χ1) is 15.8. The first-order valence-corrected chi connectivity index (χ1v) is 11.4. The van der Waals surface area contributed by atoms with E-state index >= 15 is 0 Å². The van der Waals surface area contributed by atoms with Gasteiger partial charge in [-0.05, 0) is 30.3 Å². The van der Waals surface area contributed by atoms with E-state index in [0.29, 0.717) is 17.7 Å². The molecular formula is C22H19F3N4O3S. The number of piperazine rings is 1. The molecule has 0 radical (unpaired) electrons. The molecule has 172 valence electrons. The number of hydrogen-bond acceptors (Lipinski definition) is 4. The number of sulfonamides is 1. The molecule has 11 heteroatoms. The summed E-state index contributed by atoms with van der Waals surface area (Å²) in [6.07, 6.45) is 6.34. The second-order valence-corrected chi connectivity index (χ2v) is 9.20. The van der Waals surface area contributed by atoms with E-state index in [2.05, 4.69) is 5.10 Å². The van der Waals surface area contributed by atoms with Crippen LogP contribution >= 0.6 is 0 Å². The predicted octanol–water partition coefficient (Wildman–Crippen LogP) is 2.84. The van der Waals surface area contributed by atoms with Crippen LogP contribution in [-0.4, -0.2) is 59.5 Å². The molecule has 0 spiro atoms. The summed E-state index contributed by atoms with van der Waals surface area (Å²) in [5.41, 5.74) is 1.58. The van der Waals surface area contributed by atoms with Crippen LogP contribution in [0.3, 0.4) is 0 Å². The number of benzene rings is 2.